The highest BCUT2D eigenvalue weighted by molar-refractivity contribution is 5.22. The molecule has 5 N–H and O–H groups in total. The number of ether oxygens (including phenoxy) is 2. The van der Waals surface area contributed by atoms with Gasteiger partial charge in [-0.25, -0.2) is 0 Å². The highest BCUT2D eigenvalue weighted by Gasteiger charge is 2.74. The van der Waals surface area contributed by atoms with Crippen LogP contribution in [0.1, 0.15) is 72.6 Å². The fourth-order valence-corrected chi connectivity index (χ4v) is 10.4. The van der Waals surface area contributed by atoms with Gasteiger partial charge in [0.2, 0.25) is 0 Å². The molecule has 2 saturated heterocycles. The van der Waals surface area contributed by atoms with Gasteiger partial charge in [0.1, 0.15) is 23.9 Å². The molecule has 34 heavy (non-hydrogen) atoms. The topological polar surface area (TPSA) is 120 Å². The highest BCUT2D eigenvalue weighted by Crippen LogP contribution is 2.71. The summed E-state index contributed by atoms with van der Waals surface area (Å²) in [5.41, 5.74) is -2.60. The van der Waals surface area contributed by atoms with Crippen molar-refractivity contribution in [3.8, 4) is 0 Å². The maximum atomic E-state index is 11.7. The van der Waals surface area contributed by atoms with E-state index in [1.54, 1.807) is 0 Å². The molecule has 15 atom stereocenters. The van der Waals surface area contributed by atoms with Gasteiger partial charge in [0.15, 0.2) is 5.79 Å². The predicted octanol–water partition coefficient (Wildman–Crippen LogP) is 1.82. The minimum atomic E-state index is -1.62. The third-order valence-electron chi connectivity index (χ3n) is 12.4. The van der Waals surface area contributed by atoms with Crippen LogP contribution in [0.2, 0.25) is 0 Å². The number of aliphatic hydroxyl groups excluding tert-OH is 4. The van der Waals surface area contributed by atoms with Gasteiger partial charge in [-0.05, 0) is 73.5 Å². The van der Waals surface area contributed by atoms with Crippen LogP contribution in [0.15, 0.2) is 0 Å². The molecule has 194 valence electrons. The molecule has 6 rings (SSSR count). The molecule has 2 aliphatic heterocycles. The average molecular weight is 481 g/mol. The first-order chi connectivity index (χ1) is 15.9. The first-order valence-electron chi connectivity index (χ1n) is 13.7. The molecule has 0 radical (unpaired) electrons. The van der Waals surface area contributed by atoms with Crippen LogP contribution in [0.3, 0.4) is 0 Å². The van der Waals surface area contributed by atoms with Gasteiger partial charge in [0, 0.05) is 17.8 Å². The van der Waals surface area contributed by atoms with E-state index in [-0.39, 0.29) is 23.4 Å². The Kier molecular flexibility index (Phi) is 5.24. The zero-order valence-electron chi connectivity index (χ0n) is 21.1. The Bertz CT molecular complexity index is 828. The van der Waals surface area contributed by atoms with Crippen molar-refractivity contribution in [3.63, 3.8) is 0 Å². The highest BCUT2D eigenvalue weighted by atomic mass is 16.7. The largest absolute Gasteiger partial charge is 0.390 e. The van der Waals surface area contributed by atoms with Crippen LogP contribution in [0.25, 0.3) is 0 Å². The average Bonchev–Trinajstić information content (AvgIpc) is 3.25. The lowest BCUT2D eigenvalue weighted by atomic mass is 9.41. The van der Waals surface area contributed by atoms with Crippen molar-refractivity contribution in [1.29, 1.82) is 0 Å². The summed E-state index contributed by atoms with van der Waals surface area (Å²) in [4.78, 5) is 0. The second-order valence-electron chi connectivity index (χ2n) is 13.5. The van der Waals surface area contributed by atoms with Gasteiger partial charge >= 0.3 is 0 Å². The first kappa shape index (κ1) is 24.1. The lowest BCUT2D eigenvalue weighted by molar-refractivity contribution is -0.325. The third-order valence-corrected chi connectivity index (χ3v) is 12.4. The van der Waals surface area contributed by atoms with Crippen LogP contribution in [-0.2, 0) is 9.47 Å². The van der Waals surface area contributed by atoms with Crippen molar-refractivity contribution >= 4 is 0 Å². The maximum absolute atomic E-state index is 11.7. The standard InChI is InChI=1S/C27H44O7/c1-13-5-10-27(33-12-13)14(2)19-18(34-27)11-17-15-6-9-26(32)23(31)21(29)20(28)22(30)25(26,4)16(15)7-8-24(17,19)3/h13-23,28-32H,5-12H2,1-4H3. The minimum absolute atomic E-state index is 0.0361. The maximum Gasteiger partial charge on any atom is 0.171 e. The van der Waals surface area contributed by atoms with E-state index in [9.17, 15) is 25.5 Å². The zero-order valence-corrected chi connectivity index (χ0v) is 21.1. The van der Waals surface area contributed by atoms with Gasteiger partial charge in [-0.15, -0.1) is 0 Å². The van der Waals surface area contributed by atoms with Crippen molar-refractivity contribution in [2.45, 2.75) is 115 Å². The van der Waals surface area contributed by atoms with E-state index in [0.29, 0.717) is 30.1 Å². The molecule has 4 aliphatic carbocycles. The zero-order chi connectivity index (χ0) is 24.4. The molecule has 15 unspecified atom stereocenters. The van der Waals surface area contributed by atoms with E-state index in [0.717, 1.165) is 45.1 Å². The Balaban J connectivity index is 1.31. The van der Waals surface area contributed by atoms with Gasteiger partial charge in [0.25, 0.3) is 0 Å². The molecule has 7 heteroatoms. The molecule has 7 nitrogen and oxygen atoms in total. The second-order valence-corrected chi connectivity index (χ2v) is 13.5. The van der Waals surface area contributed by atoms with E-state index in [2.05, 4.69) is 20.8 Å². The second kappa shape index (κ2) is 7.40. The summed E-state index contributed by atoms with van der Waals surface area (Å²) in [6, 6.07) is 0. The van der Waals surface area contributed by atoms with Gasteiger partial charge in [-0.3, -0.25) is 0 Å². The van der Waals surface area contributed by atoms with E-state index >= 15 is 0 Å². The van der Waals surface area contributed by atoms with E-state index < -0.39 is 41.2 Å². The lowest BCUT2D eigenvalue weighted by Crippen LogP contribution is -2.77. The number of aliphatic hydroxyl groups is 5. The van der Waals surface area contributed by atoms with Crippen LogP contribution in [0.5, 0.6) is 0 Å². The van der Waals surface area contributed by atoms with Gasteiger partial charge in [-0.1, -0.05) is 27.7 Å². The molecular formula is C27H44O7. The summed E-state index contributed by atoms with van der Waals surface area (Å²) < 4.78 is 13.2. The molecule has 2 heterocycles. The Morgan fingerprint density at radius 3 is 2.21 bits per heavy atom. The van der Waals surface area contributed by atoms with Crippen LogP contribution in [0.4, 0.5) is 0 Å². The van der Waals surface area contributed by atoms with Crippen molar-refractivity contribution in [1.82, 2.24) is 0 Å². The number of hydrogen-bond donors (Lipinski definition) is 5. The van der Waals surface area contributed by atoms with Crippen molar-refractivity contribution in [2.75, 3.05) is 6.61 Å². The van der Waals surface area contributed by atoms with Gasteiger partial charge < -0.3 is 35.0 Å². The normalized spacial score (nSPS) is 65.4. The molecule has 0 amide bonds. The molecule has 6 aliphatic rings. The molecule has 1 spiro atoms. The van der Waals surface area contributed by atoms with Crippen molar-refractivity contribution in [3.05, 3.63) is 0 Å². The molecular weight excluding hydrogens is 436 g/mol. The van der Waals surface area contributed by atoms with Crippen LogP contribution >= 0.6 is 0 Å². The predicted molar refractivity (Wildman–Crippen MR) is 123 cm³/mol. The number of rotatable bonds is 0. The number of hydrogen-bond acceptors (Lipinski definition) is 7. The molecule has 6 fully saturated rings. The minimum Gasteiger partial charge on any atom is -0.390 e. The van der Waals surface area contributed by atoms with Crippen LogP contribution in [-0.4, -0.2) is 74.0 Å². The Morgan fingerprint density at radius 1 is 0.824 bits per heavy atom. The molecule has 0 aromatic rings. The van der Waals surface area contributed by atoms with E-state index in [1.807, 2.05) is 6.92 Å². The van der Waals surface area contributed by atoms with Crippen LogP contribution in [0, 0.1) is 46.3 Å². The SMILES string of the molecule is CC1CCC2(OC1)OC1CC3C4CCC5(O)C(O)C(O)C(O)C(O)C5(C)C4CCC3(C)C1C2C. The van der Waals surface area contributed by atoms with E-state index in [4.69, 9.17) is 9.47 Å². The Hall–Kier alpha value is -0.280. The smallest absolute Gasteiger partial charge is 0.171 e. The Labute approximate surface area is 202 Å². The van der Waals surface area contributed by atoms with Gasteiger partial charge in [-0.2, -0.15) is 0 Å². The molecule has 4 saturated carbocycles. The molecule has 0 aromatic carbocycles. The van der Waals surface area contributed by atoms with Crippen molar-refractivity contribution in [2.24, 2.45) is 46.3 Å². The number of fused-ring (bicyclic) bond motifs is 7. The van der Waals surface area contributed by atoms with E-state index in [1.165, 1.54) is 0 Å². The lowest BCUT2D eigenvalue weighted by Gasteiger charge is -2.67. The van der Waals surface area contributed by atoms with Crippen molar-refractivity contribution < 1.29 is 35.0 Å². The third kappa shape index (κ3) is 2.68. The summed E-state index contributed by atoms with van der Waals surface area (Å²) >= 11 is 0. The molecule has 0 aromatic heterocycles. The monoisotopic (exact) mass is 480 g/mol. The summed E-state index contributed by atoms with van der Waals surface area (Å²) in [5.74, 6) is 1.52. The fourth-order valence-electron chi connectivity index (χ4n) is 10.4. The summed E-state index contributed by atoms with van der Waals surface area (Å²) in [5, 5.41) is 54.7. The first-order valence-corrected chi connectivity index (χ1v) is 13.7. The van der Waals surface area contributed by atoms with Gasteiger partial charge in [0.05, 0.1) is 18.8 Å². The molecule has 0 bridgehead atoms. The summed E-state index contributed by atoms with van der Waals surface area (Å²) in [7, 11) is 0. The van der Waals surface area contributed by atoms with Crippen LogP contribution < -0.4 is 0 Å². The summed E-state index contributed by atoms with van der Waals surface area (Å²) in [6.45, 7) is 9.58. The fraction of sp³-hybridized carbons (Fsp3) is 1.00. The summed E-state index contributed by atoms with van der Waals surface area (Å²) in [6.07, 6.45) is 0.310. The quantitative estimate of drug-likeness (QED) is 0.359. The Morgan fingerprint density at radius 2 is 1.53 bits per heavy atom.